The molecule has 1 heterocycles. The van der Waals surface area contributed by atoms with Gasteiger partial charge in [-0.3, -0.25) is 4.90 Å². The van der Waals surface area contributed by atoms with E-state index in [2.05, 4.69) is 18.7 Å². The summed E-state index contributed by atoms with van der Waals surface area (Å²) >= 11 is 0. The van der Waals surface area contributed by atoms with Gasteiger partial charge in [0.05, 0.1) is 0 Å². The summed E-state index contributed by atoms with van der Waals surface area (Å²) in [6.07, 6.45) is 9.51. The Bertz CT molecular complexity index is 209. The minimum absolute atomic E-state index is 0.372. The molecule has 2 unspecified atom stereocenters. The summed E-state index contributed by atoms with van der Waals surface area (Å²) < 4.78 is 0. The molecule has 15 heavy (non-hydrogen) atoms. The third-order valence-electron chi connectivity index (χ3n) is 4.72. The van der Waals surface area contributed by atoms with Gasteiger partial charge in [0.25, 0.3) is 0 Å². The first-order valence-electron chi connectivity index (χ1n) is 6.72. The van der Waals surface area contributed by atoms with E-state index in [4.69, 9.17) is 5.73 Å². The van der Waals surface area contributed by atoms with Crippen LogP contribution in [0.25, 0.3) is 0 Å². The van der Waals surface area contributed by atoms with Gasteiger partial charge in [0.2, 0.25) is 0 Å². The molecule has 0 aromatic heterocycles. The maximum absolute atomic E-state index is 6.09. The number of likely N-dealkylation sites (tertiary alicyclic amines) is 1. The minimum Gasteiger partial charge on any atom is -0.329 e. The van der Waals surface area contributed by atoms with Crippen molar-refractivity contribution in [2.75, 3.05) is 6.54 Å². The lowest BCUT2D eigenvalue weighted by atomic mass is 9.92. The van der Waals surface area contributed by atoms with Crippen molar-refractivity contribution in [3.05, 3.63) is 0 Å². The number of rotatable bonds is 3. The molecule has 2 aliphatic rings. The zero-order chi connectivity index (χ0) is 10.9. The standard InChI is InChI=1S/C13H26N2/c1-3-12-7-6-11(2)15(12)13(10-14)8-4-5-9-13/h11-12H,3-10,14H2,1-2H3. The summed E-state index contributed by atoms with van der Waals surface area (Å²) in [6, 6.07) is 1.57. The molecule has 0 aromatic carbocycles. The Morgan fingerprint density at radius 1 is 1.27 bits per heavy atom. The van der Waals surface area contributed by atoms with Gasteiger partial charge >= 0.3 is 0 Å². The molecule has 0 bridgehead atoms. The van der Waals surface area contributed by atoms with Crippen LogP contribution < -0.4 is 5.73 Å². The zero-order valence-electron chi connectivity index (χ0n) is 10.3. The Kier molecular flexibility index (Phi) is 3.36. The molecule has 0 radical (unpaired) electrons. The first kappa shape index (κ1) is 11.4. The van der Waals surface area contributed by atoms with E-state index in [1.807, 2.05) is 0 Å². The largest absolute Gasteiger partial charge is 0.329 e. The molecule has 1 aliphatic carbocycles. The van der Waals surface area contributed by atoms with Crippen LogP contribution in [0.5, 0.6) is 0 Å². The number of hydrogen-bond acceptors (Lipinski definition) is 2. The topological polar surface area (TPSA) is 29.3 Å². The molecule has 2 N–H and O–H groups in total. The summed E-state index contributed by atoms with van der Waals surface area (Å²) in [4.78, 5) is 2.79. The van der Waals surface area contributed by atoms with Crippen LogP contribution in [-0.2, 0) is 0 Å². The second-order valence-corrected chi connectivity index (χ2v) is 5.53. The number of nitrogens with two attached hydrogens (primary N) is 1. The van der Waals surface area contributed by atoms with Crippen LogP contribution >= 0.6 is 0 Å². The lowest BCUT2D eigenvalue weighted by molar-refractivity contribution is 0.0503. The zero-order valence-corrected chi connectivity index (χ0v) is 10.3. The molecule has 2 heteroatoms. The van der Waals surface area contributed by atoms with Gasteiger partial charge in [-0.05, 0) is 39.0 Å². The molecule has 1 aliphatic heterocycles. The van der Waals surface area contributed by atoms with Crippen LogP contribution in [-0.4, -0.2) is 29.1 Å². The van der Waals surface area contributed by atoms with Gasteiger partial charge in [0.1, 0.15) is 0 Å². The minimum atomic E-state index is 0.372. The lowest BCUT2D eigenvalue weighted by Crippen LogP contribution is -2.56. The molecule has 0 spiro atoms. The summed E-state index contributed by atoms with van der Waals surface area (Å²) in [7, 11) is 0. The summed E-state index contributed by atoms with van der Waals surface area (Å²) in [5.41, 5.74) is 6.46. The molecule has 2 atom stereocenters. The van der Waals surface area contributed by atoms with Crippen molar-refractivity contribution < 1.29 is 0 Å². The summed E-state index contributed by atoms with van der Waals surface area (Å²) in [5.74, 6) is 0. The second kappa shape index (κ2) is 4.42. The molecule has 1 saturated carbocycles. The van der Waals surface area contributed by atoms with E-state index < -0.39 is 0 Å². The van der Waals surface area contributed by atoms with Crippen LogP contribution in [0.2, 0.25) is 0 Å². The highest BCUT2D eigenvalue weighted by atomic mass is 15.3. The van der Waals surface area contributed by atoms with Gasteiger partial charge in [-0.2, -0.15) is 0 Å². The predicted octanol–water partition coefficient (Wildman–Crippen LogP) is 2.52. The fourth-order valence-corrected chi connectivity index (χ4v) is 3.93. The van der Waals surface area contributed by atoms with Crippen LogP contribution in [0, 0.1) is 0 Å². The maximum atomic E-state index is 6.09. The number of nitrogens with zero attached hydrogens (tertiary/aromatic N) is 1. The van der Waals surface area contributed by atoms with Crippen molar-refractivity contribution >= 4 is 0 Å². The lowest BCUT2D eigenvalue weighted by Gasteiger charge is -2.44. The highest BCUT2D eigenvalue weighted by Crippen LogP contribution is 2.42. The van der Waals surface area contributed by atoms with Crippen molar-refractivity contribution in [2.45, 2.75) is 76.4 Å². The molecule has 2 rings (SSSR count). The quantitative estimate of drug-likeness (QED) is 0.775. The smallest absolute Gasteiger partial charge is 0.0337 e. The van der Waals surface area contributed by atoms with Crippen molar-refractivity contribution in [3.63, 3.8) is 0 Å². The van der Waals surface area contributed by atoms with Crippen LogP contribution in [0.15, 0.2) is 0 Å². The first-order valence-corrected chi connectivity index (χ1v) is 6.72. The fourth-order valence-electron chi connectivity index (χ4n) is 3.93. The van der Waals surface area contributed by atoms with Crippen molar-refractivity contribution in [1.82, 2.24) is 4.90 Å². The molecule has 0 aromatic rings. The molecular weight excluding hydrogens is 184 g/mol. The van der Waals surface area contributed by atoms with Crippen LogP contribution in [0.1, 0.15) is 58.8 Å². The molecule has 1 saturated heterocycles. The van der Waals surface area contributed by atoms with E-state index in [-0.39, 0.29) is 0 Å². The molecule has 2 nitrogen and oxygen atoms in total. The van der Waals surface area contributed by atoms with Crippen molar-refractivity contribution in [3.8, 4) is 0 Å². The first-order chi connectivity index (χ1) is 7.23. The average Bonchev–Trinajstić information content (AvgIpc) is 2.84. The summed E-state index contributed by atoms with van der Waals surface area (Å²) in [6.45, 7) is 5.59. The van der Waals surface area contributed by atoms with E-state index >= 15 is 0 Å². The van der Waals surface area contributed by atoms with Crippen LogP contribution in [0.4, 0.5) is 0 Å². The number of hydrogen-bond donors (Lipinski definition) is 1. The van der Waals surface area contributed by atoms with Crippen LogP contribution in [0.3, 0.4) is 0 Å². The Labute approximate surface area is 94.2 Å². The Balaban J connectivity index is 2.18. The Hall–Kier alpha value is -0.0800. The van der Waals surface area contributed by atoms with Gasteiger partial charge in [0.15, 0.2) is 0 Å². The van der Waals surface area contributed by atoms with Gasteiger partial charge in [-0.25, -0.2) is 0 Å². The van der Waals surface area contributed by atoms with E-state index in [1.54, 1.807) is 0 Å². The highest BCUT2D eigenvalue weighted by Gasteiger charge is 2.45. The highest BCUT2D eigenvalue weighted by molar-refractivity contribution is 5.02. The average molecular weight is 210 g/mol. The molecule has 2 fully saturated rings. The second-order valence-electron chi connectivity index (χ2n) is 5.53. The van der Waals surface area contributed by atoms with Gasteiger partial charge in [-0.1, -0.05) is 19.8 Å². The van der Waals surface area contributed by atoms with Gasteiger partial charge in [-0.15, -0.1) is 0 Å². The fraction of sp³-hybridized carbons (Fsp3) is 1.00. The third kappa shape index (κ3) is 1.83. The van der Waals surface area contributed by atoms with Gasteiger partial charge < -0.3 is 5.73 Å². The SMILES string of the molecule is CCC1CCC(C)N1C1(CN)CCCC1. The molecule has 88 valence electrons. The van der Waals surface area contributed by atoms with Crippen molar-refractivity contribution in [2.24, 2.45) is 5.73 Å². The van der Waals surface area contributed by atoms with E-state index in [0.717, 1.165) is 18.6 Å². The Morgan fingerprint density at radius 3 is 2.47 bits per heavy atom. The molecular formula is C13H26N2. The van der Waals surface area contributed by atoms with E-state index in [0.29, 0.717) is 5.54 Å². The third-order valence-corrected chi connectivity index (χ3v) is 4.72. The Morgan fingerprint density at radius 2 is 1.93 bits per heavy atom. The normalized spacial score (nSPS) is 36.2. The summed E-state index contributed by atoms with van der Waals surface area (Å²) in [5, 5.41) is 0. The maximum Gasteiger partial charge on any atom is 0.0337 e. The predicted molar refractivity (Wildman–Crippen MR) is 64.9 cm³/mol. The monoisotopic (exact) mass is 210 g/mol. The molecule has 0 amide bonds. The van der Waals surface area contributed by atoms with Crippen molar-refractivity contribution in [1.29, 1.82) is 0 Å². The van der Waals surface area contributed by atoms with E-state index in [9.17, 15) is 0 Å². The van der Waals surface area contributed by atoms with Gasteiger partial charge in [0, 0.05) is 24.2 Å². The van der Waals surface area contributed by atoms with E-state index in [1.165, 1.54) is 44.9 Å².